The van der Waals surface area contributed by atoms with Crippen molar-refractivity contribution in [2.75, 3.05) is 44.8 Å². The molecular weight excluding hydrogens is 292 g/mol. The summed E-state index contributed by atoms with van der Waals surface area (Å²) in [6, 6.07) is 8.02. The minimum atomic E-state index is -0.0950. The second kappa shape index (κ2) is 10.4. The normalized spacial score (nSPS) is 15.5. The molecule has 1 aliphatic heterocycles. The lowest BCUT2D eigenvalue weighted by Crippen LogP contribution is -2.35. The van der Waals surface area contributed by atoms with Gasteiger partial charge in [0.05, 0.1) is 13.2 Å². The average molecular weight is 320 g/mol. The van der Waals surface area contributed by atoms with Crippen LogP contribution >= 0.6 is 0 Å². The van der Waals surface area contributed by atoms with Crippen molar-refractivity contribution < 1.29 is 14.3 Å². The lowest BCUT2D eigenvalue weighted by atomic mass is 10.2. The van der Waals surface area contributed by atoms with Crippen molar-refractivity contribution >= 4 is 11.6 Å². The molecule has 1 saturated heterocycles. The molecule has 0 spiro atoms. The molecular formula is C18H28N2O3. The van der Waals surface area contributed by atoms with Gasteiger partial charge in [0, 0.05) is 31.9 Å². The lowest BCUT2D eigenvalue weighted by Gasteiger charge is -2.26. The van der Waals surface area contributed by atoms with Crippen LogP contribution in [0.15, 0.2) is 24.3 Å². The quantitative estimate of drug-likeness (QED) is 0.711. The average Bonchev–Trinajstić information content (AvgIpc) is 2.57. The van der Waals surface area contributed by atoms with E-state index >= 15 is 0 Å². The maximum absolute atomic E-state index is 11.8. The van der Waals surface area contributed by atoms with Crippen LogP contribution < -0.4 is 5.32 Å². The topological polar surface area (TPSA) is 50.8 Å². The van der Waals surface area contributed by atoms with Gasteiger partial charge in [-0.3, -0.25) is 9.69 Å². The van der Waals surface area contributed by atoms with Crippen molar-refractivity contribution in [2.45, 2.75) is 32.7 Å². The van der Waals surface area contributed by atoms with Crippen LogP contribution in [-0.2, 0) is 20.8 Å². The van der Waals surface area contributed by atoms with Crippen molar-refractivity contribution in [3.8, 4) is 0 Å². The molecule has 0 aliphatic carbocycles. The smallest absolute Gasteiger partial charge is 0.250 e. The van der Waals surface area contributed by atoms with Crippen molar-refractivity contribution in [2.24, 2.45) is 0 Å². The maximum Gasteiger partial charge on any atom is 0.250 e. The van der Waals surface area contributed by atoms with E-state index in [1.165, 1.54) is 5.56 Å². The number of hydrogen-bond acceptors (Lipinski definition) is 4. The molecule has 1 aromatic carbocycles. The van der Waals surface area contributed by atoms with E-state index in [1.807, 2.05) is 12.1 Å². The second-order valence-electron chi connectivity index (χ2n) is 5.89. The SMILES string of the molecule is CCCCCOCC(=O)Nc1ccc(CN2CCOCC2)cc1. The summed E-state index contributed by atoms with van der Waals surface area (Å²) < 4.78 is 10.7. The summed E-state index contributed by atoms with van der Waals surface area (Å²) in [5, 5.41) is 2.87. The Balaban J connectivity index is 1.68. The summed E-state index contributed by atoms with van der Waals surface area (Å²) in [6.45, 7) is 7.44. The molecule has 128 valence electrons. The van der Waals surface area contributed by atoms with E-state index in [9.17, 15) is 4.79 Å². The van der Waals surface area contributed by atoms with Crippen LogP contribution in [0.5, 0.6) is 0 Å². The Hall–Kier alpha value is -1.43. The van der Waals surface area contributed by atoms with Gasteiger partial charge in [-0.25, -0.2) is 0 Å². The first-order chi connectivity index (χ1) is 11.3. The molecule has 5 heteroatoms. The van der Waals surface area contributed by atoms with E-state index < -0.39 is 0 Å². The highest BCUT2D eigenvalue weighted by Crippen LogP contribution is 2.12. The summed E-state index contributed by atoms with van der Waals surface area (Å²) in [4.78, 5) is 14.2. The molecule has 0 radical (unpaired) electrons. The van der Waals surface area contributed by atoms with Crippen molar-refractivity contribution in [3.05, 3.63) is 29.8 Å². The largest absolute Gasteiger partial charge is 0.379 e. The molecule has 0 bridgehead atoms. The number of unbranched alkanes of at least 4 members (excludes halogenated alkanes) is 2. The van der Waals surface area contributed by atoms with Gasteiger partial charge in [0.15, 0.2) is 0 Å². The van der Waals surface area contributed by atoms with Crippen LogP contribution in [-0.4, -0.2) is 50.3 Å². The molecule has 0 atom stereocenters. The van der Waals surface area contributed by atoms with Gasteiger partial charge in [-0.2, -0.15) is 0 Å². The van der Waals surface area contributed by atoms with Crippen LogP contribution in [0.1, 0.15) is 31.7 Å². The Labute approximate surface area is 139 Å². The lowest BCUT2D eigenvalue weighted by molar-refractivity contribution is -0.120. The van der Waals surface area contributed by atoms with Gasteiger partial charge in [-0.15, -0.1) is 0 Å². The number of ether oxygens (including phenoxy) is 2. The highest BCUT2D eigenvalue weighted by atomic mass is 16.5. The van der Waals surface area contributed by atoms with Gasteiger partial charge in [-0.05, 0) is 24.1 Å². The number of nitrogens with one attached hydrogen (secondary N) is 1. The summed E-state index contributed by atoms with van der Waals surface area (Å²) in [6.07, 6.45) is 3.32. The van der Waals surface area contributed by atoms with Gasteiger partial charge in [-0.1, -0.05) is 31.9 Å². The van der Waals surface area contributed by atoms with E-state index in [0.717, 1.165) is 57.8 Å². The summed E-state index contributed by atoms with van der Waals surface area (Å²) in [7, 11) is 0. The molecule has 1 amide bonds. The number of morpholine rings is 1. The van der Waals surface area contributed by atoms with Gasteiger partial charge in [0.2, 0.25) is 5.91 Å². The van der Waals surface area contributed by atoms with Crippen LogP contribution in [0.25, 0.3) is 0 Å². The first-order valence-electron chi connectivity index (χ1n) is 8.54. The number of carbonyl (C=O) groups excluding carboxylic acids is 1. The Morgan fingerprint density at radius 2 is 1.96 bits per heavy atom. The monoisotopic (exact) mass is 320 g/mol. The Morgan fingerprint density at radius 3 is 2.65 bits per heavy atom. The molecule has 2 rings (SSSR count). The molecule has 1 aromatic rings. The standard InChI is InChI=1S/C18H28N2O3/c1-2-3-4-11-23-15-18(21)19-17-7-5-16(6-8-17)14-20-9-12-22-13-10-20/h5-8H,2-4,9-15H2,1H3,(H,19,21). The predicted molar refractivity (Wildman–Crippen MR) is 91.5 cm³/mol. The fourth-order valence-corrected chi connectivity index (χ4v) is 2.53. The highest BCUT2D eigenvalue weighted by Gasteiger charge is 2.10. The fourth-order valence-electron chi connectivity index (χ4n) is 2.53. The zero-order valence-electron chi connectivity index (χ0n) is 14.1. The summed E-state index contributed by atoms with van der Waals surface area (Å²) in [5.41, 5.74) is 2.07. The van der Waals surface area contributed by atoms with E-state index in [1.54, 1.807) is 0 Å². The van der Waals surface area contributed by atoms with E-state index in [2.05, 4.69) is 29.3 Å². The Kier molecular flexibility index (Phi) is 8.07. The number of rotatable bonds is 9. The maximum atomic E-state index is 11.8. The van der Waals surface area contributed by atoms with Crippen LogP contribution in [0, 0.1) is 0 Å². The zero-order valence-corrected chi connectivity index (χ0v) is 14.1. The molecule has 1 fully saturated rings. The molecule has 1 heterocycles. The summed E-state index contributed by atoms with van der Waals surface area (Å²) in [5.74, 6) is -0.0950. The van der Waals surface area contributed by atoms with Crippen LogP contribution in [0.3, 0.4) is 0 Å². The minimum Gasteiger partial charge on any atom is -0.379 e. The van der Waals surface area contributed by atoms with E-state index in [4.69, 9.17) is 9.47 Å². The third-order valence-corrected chi connectivity index (χ3v) is 3.87. The van der Waals surface area contributed by atoms with Crippen LogP contribution in [0.2, 0.25) is 0 Å². The van der Waals surface area contributed by atoms with E-state index in [0.29, 0.717) is 6.61 Å². The molecule has 5 nitrogen and oxygen atoms in total. The van der Waals surface area contributed by atoms with Gasteiger partial charge < -0.3 is 14.8 Å². The van der Waals surface area contributed by atoms with Crippen molar-refractivity contribution in [3.63, 3.8) is 0 Å². The molecule has 1 N–H and O–H groups in total. The number of hydrogen-bond donors (Lipinski definition) is 1. The molecule has 0 aromatic heterocycles. The first-order valence-corrected chi connectivity index (χ1v) is 8.54. The highest BCUT2D eigenvalue weighted by molar-refractivity contribution is 5.91. The number of benzene rings is 1. The zero-order chi connectivity index (χ0) is 16.3. The molecule has 0 saturated carbocycles. The Bertz CT molecular complexity index is 456. The number of carbonyl (C=O) groups is 1. The fraction of sp³-hybridized carbons (Fsp3) is 0.611. The first kappa shape index (κ1) is 17.9. The molecule has 23 heavy (non-hydrogen) atoms. The van der Waals surface area contributed by atoms with E-state index in [-0.39, 0.29) is 12.5 Å². The van der Waals surface area contributed by atoms with Gasteiger partial charge in [0.25, 0.3) is 0 Å². The number of amides is 1. The minimum absolute atomic E-state index is 0.0950. The van der Waals surface area contributed by atoms with Crippen LogP contribution in [0.4, 0.5) is 5.69 Å². The number of anilines is 1. The third-order valence-electron chi connectivity index (χ3n) is 3.87. The predicted octanol–water partition coefficient (Wildman–Crippen LogP) is 2.66. The summed E-state index contributed by atoms with van der Waals surface area (Å²) >= 11 is 0. The second-order valence-corrected chi connectivity index (χ2v) is 5.89. The molecule has 1 aliphatic rings. The third kappa shape index (κ3) is 7.12. The molecule has 0 unspecified atom stereocenters. The van der Waals surface area contributed by atoms with Crippen molar-refractivity contribution in [1.29, 1.82) is 0 Å². The van der Waals surface area contributed by atoms with Gasteiger partial charge in [0.1, 0.15) is 6.61 Å². The van der Waals surface area contributed by atoms with Crippen molar-refractivity contribution in [1.82, 2.24) is 4.90 Å². The van der Waals surface area contributed by atoms with Gasteiger partial charge >= 0.3 is 0 Å². The Morgan fingerprint density at radius 1 is 1.22 bits per heavy atom. The number of nitrogens with zero attached hydrogens (tertiary/aromatic N) is 1.